The zero-order chi connectivity index (χ0) is 16.4. The number of nitrogens with one attached hydrogen (secondary N) is 2. The summed E-state index contributed by atoms with van der Waals surface area (Å²) in [5.74, 6) is -2.30. The molecule has 0 spiro atoms. The van der Waals surface area contributed by atoms with Gasteiger partial charge in [-0.1, -0.05) is 6.07 Å². The highest BCUT2D eigenvalue weighted by Gasteiger charge is 2.26. The number of hydrogen-bond acceptors (Lipinski definition) is 5. The second kappa shape index (κ2) is 6.15. The fourth-order valence-corrected chi connectivity index (χ4v) is 2.09. The molecule has 0 unspecified atom stereocenters. The van der Waals surface area contributed by atoms with Gasteiger partial charge in [0.15, 0.2) is 11.6 Å². The highest BCUT2D eigenvalue weighted by molar-refractivity contribution is 5.72. The maximum Gasteiger partial charge on any atom is 0.322 e. The Labute approximate surface area is 130 Å². The smallest absolute Gasteiger partial charge is 0.322 e. The van der Waals surface area contributed by atoms with Gasteiger partial charge in [0, 0.05) is 12.0 Å². The number of carboxylic acid groups (broad SMARTS) is 1. The number of anilines is 3. The number of carbonyl (C=O) groups is 1. The van der Waals surface area contributed by atoms with Crippen LogP contribution < -0.4 is 10.6 Å². The number of carboxylic acids is 1. The molecular weight excluding hydrogens is 306 g/mol. The Morgan fingerprint density at radius 2 is 2.09 bits per heavy atom. The first-order chi connectivity index (χ1) is 11.0. The molecule has 1 aromatic carbocycles. The van der Waals surface area contributed by atoms with Gasteiger partial charge in [0.25, 0.3) is 0 Å². The van der Waals surface area contributed by atoms with Gasteiger partial charge >= 0.3 is 5.97 Å². The van der Waals surface area contributed by atoms with Crippen molar-refractivity contribution in [3.63, 3.8) is 0 Å². The molecule has 0 atom stereocenters. The van der Waals surface area contributed by atoms with E-state index in [4.69, 9.17) is 5.11 Å². The number of aromatic nitrogens is 2. The second-order valence-corrected chi connectivity index (χ2v) is 5.25. The minimum absolute atomic E-state index is 0.0466. The summed E-state index contributed by atoms with van der Waals surface area (Å²) in [5, 5.41) is 14.0. The van der Waals surface area contributed by atoms with E-state index < -0.39 is 17.6 Å². The summed E-state index contributed by atoms with van der Waals surface area (Å²) in [6.07, 6.45) is 1.98. The predicted molar refractivity (Wildman–Crippen MR) is 79.8 cm³/mol. The van der Waals surface area contributed by atoms with Crippen LogP contribution in [-0.2, 0) is 4.79 Å². The van der Waals surface area contributed by atoms with E-state index in [0.717, 1.165) is 24.6 Å². The highest BCUT2D eigenvalue weighted by atomic mass is 19.2. The van der Waals surface area contributed by atoms with Gasteiger partial charge in [0.1, 0.15) is 12.4 Å². The Kier molecular flexibility index (Phi) is 4.05. The SMILES string of the molecule is O=C(O)CNc1nc(Nc2cccc(F)c2F)cc(C2CC2)n1. The third kappa shape index (κ3) is 3.71. The predicted octanol–water partition coefficient (Wildman–Crippen LogP) is 2.87. The van der Waals surface area contributed by atoms with Gasteiger partial charge in [-0.05, 0) is 25.0 Å². The van der Waals surface area contributed by atoms with Gasteiger partial charge in [-0.3, -0.25) is 4.79 Å². The number of nitrogens with zero attached hydrogens (tertiary/aromatic N) is 2. The Morgan fingerprint density at radius 3 is 2.78 bits per heavy atom. The highest BCUT2D eigenvalue weighted by Crippen LogP contribution is 2.40. The van der Waals surface area contributed by atoms with Crippen LogP contribution in [0.4, 0.5) is 26.2 Å². The molecule has 1 fully saturated rings. The molecular formula is C15H14F2N4O2. The fourth-order valence-electron chi connectivity index (χ4n) is 2.09. The number of benzene rings is 1. The Hall–Kier alpha value is -2.77. The van der Waals surface area contributed by atoms with Crippen LogP contribution in [0.1, 0.15) is 24.5 Å². The first kappa shape index (κ1) is 15.1. The Balaban J connectivity index is 1.88. The summed E-state index contributed by atoms with van der Waals surface area (Å²) in [6.45, 7) is -0.331. The molecule has 3 N–H and O–H groups in total. The number of rotatable bonds is 6. The minimum Gasteiger partial charge on any atom is -0.480 e. The molecule has 1 aromatic heterocycles. The zero-order valence-electron chi connectivity index (χ0n) is 12.0. The van der Waals surface area contributed by atoms with Gasteiger partial charge in [-0.2, -0.15) is 4.98 Å². The van der Waals surface area contributed by atoms with Crippen molar-refractivity contribution in [3.05, 3.63) is 41.6 Å². The molecule has 3 rings (SSSR count). The van der Waals surface area contributed by atoms with Crippen LogP contribution in [0.2, 0.25) is 0 Å². The topological polar surface area (TPSA) is 87.1 Å². The van der Waals surface area contributed by atoms with E-state index in [9.17, 15) is 13.6 Å². The van der Waals surface area contributed by atoms with Crippen molar-refractivity contribution in [2.24, 2.45) is 0 Å². The van der Waals surface area contributed by atoms with Crippen molar-refractivity contribution in [1.29, 1.82) is 0 Å². The van der Waals surface area contributed by atoms with Gasteiger partial charge in [-0.15, -0.1) is 0 Å². The minimum atomic E-state index is -1.05. The molecule has 0 bridgehead atoms. The zero-order valence-corrected chi connectivity index (χ0v) is 12.0. The molecule has 0 radical (unpaired) electrons. The summed E-state index contributed by atoms with van der Waals surface area (Å²) in [4.78, 5) is 19.0. The summed E-state index contributed by atoms with van der Waals surface area (Å²) in [6, 6.07) is 5.46. The van der Waals surface area contributed by atoms with E-state index in [1.165, 1.54) is 12.1 Å². The molecule has 0 saturated heterocycles. The van der Waals surface area contributed by atoms with E-state index in [1.54, 1.807) is 6.07 Å². The molecule has 1 aliphatic rings. The molecule has 2 aromatic rings. The Morgan fingerprint density at radius 1 is 1.30 bits per heavy atom. The molecule has 1 saturated carbocycles. The Bertz CT molecular complexity index is 750. The molecule has 8 heteroatoms. The van der Waals surface area contributed by atoms with Crippen molar-refractivity contribution < 1.29 is 18.7 Å². The first-order valence-corrected chi connectivity index (χ1v) is 7.08. The van der Waals surface area contributed by atoms with Gasteiger partial charge in [-0.25, -0.2) is 13.8 Å². The normalized spacial score (nSPS) is 13.7. The van der Waals surface area contributed by atoms with E-state index >= 15 is 0 Å². The fraction of sp³-hybridized carbons (Fsp3) is 0.267. The van der Waals surface area contributed by atoms with Crippen LogP contribution in [0, 0.1) is 11.6 Å². The third-order valence-electron chi connectivity index (χ3n) is 3.35. The number of aliphatic carboxylic acids is 1. The molecule has 120 valence electrons. The van der Waals surface area contributed by atoms with Crippen LogP contribution in [0.25, 0.3) is 0 Å². The average Bonchev–Trinajstić information content (AvgIpc) is 3.34. The quantitative estimate of drug-likeness (QED) is 0.758. The third-order valence-corrected chi connectivity index (χ3v) is 3.35. The molecule has 6 nitrogen and oxygen atoms in total. The van der Waals surface area contributed by atoms with E-state index in [0.29, 0.717) is 5.92 Å². The molecule has 1 heterocycles. The van der Waals surface area contributed by atoms with E-state index in [2.05, 4.69) is 20.6 Å². The van der Waals surface area contributed by atoms with Gasteiger partial charge in [0.2, 0.25) is 5.95 Å². The number of hydrogen-bond donors (Lipinski definition) is 3. The van der Waals surface area contributed by atoms with Crippen LogP contribution in [-0.4, -0.2) is 27.6 Å². The van der Waals surface area contributed by atoms with Crippen LogP contribution >= 0.6 is 0 Å². The summed E-state index contributed by atoms with van der Waals surface area (Å²) in [7, 11) is 0. The lowest BCUT2D eigenvalue weighted by Gasteiger charge is -2.11. The largest absolute Gasteiger partial charge is 0.480 e. The maximum absolute atomic E-state index is 13.7. The molecule has 0 amide bonds. The lowest BCUT2D eigenvalue weighted by atomic mass is 10.2. The standard InChI is InChI=1S/C15H14F2N4O2/c16-9-2-1-3-10(14(9)17)19-12-6-11(8-4-5-8)20-15(21-12)18-7-13(22)23/h1-3,6,8H,4-5,7H2,(H,22,23)(H2,18,19,20,21). The lowest BCUT2D eigenvalue weighted by Crippen LogP contribution is -2.15. The number of halogens is 2. The molecule has 1 aliphatic carbocycles. The van der Waals surface area contributed by atoms with Gasteiger partial charge in [0.05, 0.1) is 11.4 Å². The maximum atomic E-state index is 13.7. The van der Waals surface area contributed by atoms with Gasteiger partial charge < -0.3 is 15.7 Å². The van der Waals surface area contributed by atoms with Crippen molar-refractivity contribution in [2.45, 2.75) is 18.8 Å². The van der Waals surface area contributed by atoms with E-state index in [-0.39, 0.29) is 24.0 Å². The van der Waals surface area contributed by atoms with Crippen LogP contribution in [0.5, 0.6) is 0 Å². The van der Waals surface area contributed by atoms with Crippen molar-refractivity contribution in [3.8, 4) is 0 Å². The summed E-state index contributed by atoms with van der Waals surface area (Å²) in [5.41, 5.74) is 0.696. The van der Waals surface area contributed by atoms with Crippen molar-refractivity contribution in [2.75, 3.05) is 17.2 Å². The summed E-state index contributed by atoms with van der Waals surface area (Å²) >= 11 is 0. The molecule has 0 aliphatic heterocycles. The molecule has 23 heavy (non-hydrogen) atoms. The lowest BCUT2D eigenvalue weighted by molar-refractivity contribution is -0.134. The van der Waals surface area contributed by atoms with Crippen molar-refractivity contribution >= 4 is 23.4 Å². The second-order valence-electron chi connectivity index (χ2n) is 5.25. The van der Waals surface area contributed by atoms with Crippen LogP contribution in [0.15, 0.2) is 24.3 Å². The monoisotopic (exact) mass is 320 g/mol. The summed E-state index contributed by atoms with van der Waals surface area (Å²) < 4.78 is 27.0. The van der Waals surface area contributed by atoms with Crippen molar-refractivity contribution in [1.82, 2.24) is 9.97 Å². The van der Waals surface area contributed by atoms with Crippen LogP contribution in [0.3, 0.4) is 0 Å². The van der Waals surface area contributed by atoms with E-state index in [1.807, 2.05) is 0 Å². The first-order valence-electron chi connectivity index (χ1n) is 7.08. The average molecular weight is 320 g/mol.